The molecular formula is C22H20BrFN2O2. The molecule has 0 aliphatic rings. The predicted octanol–water partition coefficient (Wildman–Crippen LogP) is 4.42. The predicted molar refractivity (Wildman–Crippen MR) is 110 cm³/mol. The Morgan fingerprint density at radius 3 is 2.54 bits per heavy atom. The number of ketones is 1. The molecular weight excluding hydrogens is 423 g/mol. The maximum Gasteiger partial charge on any atom is 0.270 e. The molecule has 0 aliphatic heterocycles. The average Bonchev–Trinajstić information content (AvgIpc) is 2.65. The Bertz CT molecular complexity index is 1060. The first kappa shape index (κ1) is 20.1. The Balaban J connectivity index is 1.86. The van der Waals surface area contributed by atoms with E-state index in [4.69, 9.17) is 0 Å². The number of carbonyl (C=O) groups is 1. The molecule has 1 unspecified atom stereocenters. The normalized spacial score (nSPS) is 12.0. The Hall–Kier alpha value is -2.60. The monoisotopic (exact) mass is 442 g/mol. The molecule has 1 aromatic heterocycles. The van der Waals surface area contributed by atoms with Crippen LogP contribution in [-0.4, -0.2) is 15.6 Å². The van der Waals surface area contributed by atoms with Gasteiger partial charge in [0.05, 0.1) is 5.69 Å². The van der Waals surface area contributed by atoms with Gasteiger partial charge in [-0.05, 0) is 55.3 Å². The lowest BCUT2D eigenvalue weighted by Crippen LogP contribution is -2.33. The Morgan fingerprint density at radius 2 is 1.86 bits per heavy atom. The molecule has 3 aromatic rings. The lowest BCUT2D eigenvalue weighted by molar-refractivity contribution is -0.121. The molecule has 0 fully saturated rings. The van der Waals surface area contributed by atoms with E-state index in [0.717, 1.165) is 10.0 Å². The van der Waals surface area contributed by atoms with Gasteiger partial charge in [0.1, 0.15) is 11.9 Å². The summed E-state index contributed by atoms with van der Waals surface area (Å²) in [6.07, 6.45) is 0.503. The van der Waals surface area contributed by atoms with Gasteiger partial charge in [0.25, 0.3) is 5.56 Å². The highest BCUT2D eigenvalue weighted by atomic mass is 79.9. The first-order valence-corrected chi connectivity index (χ1v) is 9.73. The van der Waals surface area contributed by atoms with Crippen molar-refractivity contribution in [3.05, 3.63) is 97.6 Å². The Labute approximate surface area is 171 Å². The number of carbonyl (C=O) groups excluding carboxylic acids is 1. The summed E-state index contributed by atoms with van der Waals surface area (Å²) in [5, 5.41) is 4.27. The lowest BCUT2D eigenvalue weighted by Gasteiger charge is -2.15. The van der Waals surface area contributed by atoms with Crippen LogP contribution in [0, 0.1) is 12.7 Å². The van der Waals surface area contributed by atoms with Gasteiger partial charge < -0.3 is 0 Å². The van der Waals surface area contributed by atoms with Crippen molar-refractivity contribution in [1.82, 2.24) is 9.78 Å². The van der Waals surface area contributed by atoms with Crippen LogP contribution >= 0.6 is 15.9 Å². The molecule has 144 valence electrons. The molecule has 0 bridgehead atoms. The van der Waals surface area contributed by atoms with E-state index in [1.165, 1.54) is 16.8 Å². The number of hydrogen-bond acceptors (Lipinski definition) is 3. The van der Waals surface area contributed by atoms with Gasteiger partial charge in [-0.25, -0.2) is 9.07 Å². The van der Waals surface area contributed by atoms with Crippen LogP contribution in [0.25, 0.3) is 0 Å². The standard InChI is InChI=1S/C22H20BrFN2O2/c1-14-10-18(11-17-4-3-5-20(24)12-17)22(28)26(25-14)15(2)21(27)13-16-6-8-19(23)9-7-16/h3-10,12,15H,11,13H2,1-2H3. The second-order valence-corrected chi connectivity index (χ2v) is 7.73. The van der Waals surface area contributed by atoms with E-state index in [1.807, 2.05) is 24.3 Å². The number of halogens is 2. The van der Waals surface area contributed by atoms with Gasteiger partial charge >= 0.3 is 0 Å². The van der Waals surface area contributed by atoms with Crippen LogP contribution in [0.2, 0.25) is 0 Å². The summed E-state index contributed by atoms with van der Waals surface area (Å²) in [7, 11) is 0. The molecule has 6 heteroatoms. The Kier molecular flexibility index (Phi) is 6.19. The summed E-state index contributed by atoms with van der Waals surface area (Å²) in [5.74, 6) is -0.444. The fourth-order valence-corrected chi connectivity index (χ4v) is 3.31. The molecule has 0 radical (unpaired) electrons. The number of hydrogen-bond donors (Lipinski definition) is 0. The molecule has 2 aromatic carbocycles. The smallest absolute Gasteiger partial charge is 0.270 e. The van der Waals surface area contributed by atoms with E-state index in [0.29, 0.717) is 16.8 Å². The molecule has 0 saturated carbocycles. The summed E-state index contributed by atoms with van der Waals surface area (Å²) in [5.41, 5.74) is 2.37. The van der Waals surface area contributed by atoms with Gasteiger partial charge in [0, 0.05) is 22.9 Å². The number of aryl methyl sites for hydroxylation is 1. The van der Waals surface area contributed by atoms with Crippen LogP contribution in [-0.2, 0) is 17.6 Å². The van der Waals surface area contributed by atoms with Crippen molar-refractivity contribution >= 4 is 21.7 Å². The summed E-state index contributed by atoms with van der Waals surface area (Å²) >= 11 is 3.37. The number of benzene rings is 2. The van der Waals surface area contributed by atoms with E-state index >= 15 is 0 Å². The maximum absolute atomic E-state index is 13.5. The van der Waals surface area contributed by atoms with E-state index in [-0.39, 0.29) is 30.0 Å². The second kappa shape index (κ2) is 8.61. The third kappa shape index (κ3) is 4.81. The van der Waals surface area contributed by atoms with Crippen LogP contribution in [0.4, 0.5) is 4.39 Å². The van der Waals surface area contributed by atoms with Crippen molar-refractivity contribution in [2.45, 2.75) is 32.7 Å². The third-order valence-corrected chi connectivity index (χ3v) is 5.07. The summed E-state index contributed by atoms with van der Waals surface area (Å²) in [6.45, 7) is 3.46. The number of nitrogens with zero attached hydrogens (tertiary/aromatic N) is 2. The van der Waals surface area contributed by atoms with Crippen molar-refractivity contribution in [3.8, 4) is 0 Å². The number of aromatic nitrogens is 2. The third-order valence-electron chi connectivity index (χ3n) is 4.54. The highest BCUT2D eigenvalue weighted by Crippen LogP contribution is 2.15. The molecule has 0 spiro atoms. The van der Waals surface area contributed by atoms with E-state index < -0.39 is 6.04 Å². The fraction of sp³-hybridized carbons (Fsp3) is 0.227. The molecule has 0 saturated heterocycles. The molecule has 0 aliphatic carbocycles. The van der Waals surface area contributed by atoms with Crippen molar-refractivity contribution in [3.63, 3.8) is 0 Å². The lowest BCUT2D eigenvalue weighted by atomic mass is 10.0. The quantitative estimate of drug-likeness (QED) is 0.567. The molecule has 3 rings (SSSR count). The topological polar surface area (TPSA) is 52.0 Å². The van der Waals surface area contributed by atoms with Crippen molar-refractivity contribution in [1.29, 1.82) is 0 Å². The molecule has 4 nitrogen and oxygen atoms in total. The summed E-state index contributed by atoms with van der Waals surface area (Å²) in [4.78, 5) is 25.6. The van der Waals surface area contributed by atoms with Crippen LogP contribution < -0.4 is 5.56 Å². The summed E-state index contributed by atoms with van der Waals surface area (Å²) < 4.78 is 15.6. The SMILES string of the molecule is Cc1cc(Cc2cccc(F)c2)c(=O)n(C(C)C(=O)Cc2ccc(Br)cc2)n1. The highest BCUT2D eigenvalue weighted by molar-refractivity contribution is 9.10. The van der Waals surface area contributed by atoms with Crippen molar-refractivity contribution in [2.24, 2.45) is 0 Å². The zero-order valence-corrected chi connectivity index (χ0v) is 17.2. The minimum atomic E-state index is -0.692. The van der Waals surface area contributed by atoms with Gasteiger partial charge in [-0.3, -0.25) is 9.59 Å². The van der Waals surface area contributed by atoms with Crippen LogP contribution in [0.3, 0.4) is 0 Å². The minimum absolute atomic E-state index is 0.0979. The molecule has 1 heterocycles. The zero-order chi connectivity index (χ0) is 20.3. The van der Waals surface area contributed by atoms with Crippen molar-refractivity contribution in [2.75, 3.05) is 0 Å². The van der Waals surface area contributed by atoms with Crippen LogP contribution in [0.5, 0.6) is 0 Å². The van der Waals surface area contributed by atoms with E-state index in [1.54, 1.807) is 32.0 Å². The van der Waals surface area contributed by atoms with Gasteiger partial charge in [-0.1, -0.05) is 40.2 Å². The second-order valence-electron chi connectivity index (χ2n) is 6.81. The van der Waals surface area contributed by atoms with Crippen LogP contribution in [0.15, 0.2) is 63.9 Å². The highest BCUT2D eigenvalue weighted by Gasteiger charge is 2.20. The molecule has 0 N–H and O–H groups in total. The largest absolute Gasteiger partial charge is 0.297 e. The minimum Gasteiger partial charge on any atom is -0.297 e. The van der Waals surface area contributed by atoms with E-state index in [9.17, 15) is 14.0 Å². The fourth-order valence-electron chi connectivity index (χ4n) is 3.05. The van der Waals surface area contributed by atoms with E-state index in [2.05, 4.69) is 21.0 Å². The first-order chi connectivity index (χ1) is 13.3. The van der Waals surface area contributed by atoms with Gasteiger partial charge in [0.2, 0.25) is 0 Å². The zero-order valence-electron chi connectivity index (χ0n) is 15.7. The molecule has 0 amide bonds. The average molecular weight is 443 g/mol. The van der Waals surface area contributed by atoms with Gasteiger partial charge in [0.15, 0.2) is 5.78 Å². The molecule has 28 heavy (non-hydrogen) atoms. The van der Waals surface area contributed by atoms with Crippen molar-refractivity contribution < 1.29 is 9.18 Å². The van der Waals surface area contributed by atoms with Gasteiger partial charge in [-0.2, -0.15) is 5.10 Å². The molecule has 1 atom stereocenters. The Morgan fingerprint density at radius 1 is 1.14 bits per heavy atom. The first-order valence-electron chi connectivity index (χ1n) is 8.94. The number of Topliss-reactive ketones (excluding diaryl/α,β-unsaturated/α-hetero) is 1. The number of rotatable bonds is 6. The summed E-state index contributed by atoms with van der Waals surface area (Å²) in [6, 6.07) is 14.6. The maximum atomic E-state index is 13.5. The van der Waals surface area contributed by atoms with Crippen LogP contribution in [0.1, 0.15) is 35.3 Å². The van der Waals surface area contributed by atoms with Gasteiger partial charge in [-0.15, -0.1) is 0 Å².